The van der Waals surface area contributed by atoms with Gasteiger partial charge >= 0.3 is 0 Å². The van der Waals surface area contributed by atoms with Crippen LogP contribution in [0.5, 0.6) is 17.2 Å². The normalized spacial score (nSPS) is 29.1. The predicted molar refractivity (Wildman–Crippen MR) is 141 cm³/mol. The molecule has 4 aliphatic carbocycles. The van der Waals surface area contributed by atoms with Gasteiger partial charge in [0.25, 0.3) is 0 Å². The quantitative estimate of drug-likeness (QED) is 0.353. The van der Waals surface area contributed by atoms with Crippen molar-refractivity contribution in [3.63, 3.8) is 0 Å². The first-order valence-electron chi connectivity index (χ1n) is 13.8. The highest BCUT2D eigenvalue weighted by Crippen LogP contribution is 2.56. The number of nitrogens with zero attached hydrogens (tertiary/aromatic N) is 1. The molecular formula is C31H33NO7. The van der Waals surface area contributed by atoms with Gasteiger partial charge in [-0.05, 0) is 62.3 Å². The van der Waals surface area contributed by atoms with Crippen molar-refractivity contribution >= 4 is 23.4 Å². The third kappa shape index (κ3) is 3.79. The lowest BCUT2D eigenvalue weighted by atomic mass is 9.59. The first-order chi connectivity index (χ1) is 18.8. The molecule has 2 fully saturated rings. The van der Waals surface area contributed by atoms with E-state index < -0.39 is 17.8 Å². The predicted octanol–water partition coefficient (Wildman–Crippen LogP) is 4.17. The summed E-state index contributed by atoms with van der Waals surface area (Å²) in [5, 5.41) is 10.6. The molecule has 39 heavy (non-hydrogen) atoms. The van der Waals surface area contributed by atoms with E-state index in [9.17, 15) is 24.3 Å². The topological polar surface area (TPSA) is 110 Å². The summed E-state index contributed by atoms with van der Waals surface area (Å²) in [6.07, 6.45) is 8.85. The van der Waals surface area contributed by atoms with Crippen LogP contribution in [-0.4, -0.2) is 53.6 Å². The standard InChI is InChI=1S/C31H33NO7/c1-15-11-22(33)27-21(28(15)34)14-20-18(25(27)16-12-23(38-2)29(35)24(13-16)39-3)9-10-19-26(20)31(37)32(30(19)36)17-7-5-4-6-8-17/h9,11-13,17,19-20,25-26,35H,4-8,10,14H2,1-3H3. The molecule has 1 aromatic carbocycles. The second kappa shape index (κ2) is 9.50. The van der Waals surface area contributed by atoms with Crippen LogP contribution in [0.2, 0.25) is 0 Å². The maximum atomic E-state index is 14.0. The average molecular weight is 532 g/mol. The number of likely N-dealkylation sites (tertiary alicyclic amines) is 1. The molecule has 0 radical (unpaired) electrons. The summed E-state index contributed by atoms with van der Waals surface area (Å²) >= 11 is 0. The number of allylic oxidation sites excluding steroid dienone is 6. The third-order valence-corrected chi connectivity index (χ3v) is 9.37. The number of rotatable bonds is 4. The highest BCUT2D eigenvalue weighted by Gasteiger charge is 2.57. The second-order valence-corrected chi connectivity index (χ2v) is 11.3. The van der Waals surface area contributed by atoms with E-state index in [1.807, 2.05) is 6.08 Å². The molecular weight excluding hydrogens is 498 g/mol. The van der Waals surface area contributed by atoms with Crippen molar-refractivity contribution in [3.8, 4) is 17.2 Å². The van der Waals surface area contributed by atoms with Crippen molar-refractivity contribution < 1.29 is 33.8 Å². The summed E-state index contributed by atoms with van der Waals surface area (Å²) < 4.78 is 10.8. The maximum absolute atomic E-state index is 14.0. The molecule has 0 aromatic heterocycles. The molecule has 1 saturated carbocycles. The number of carbonyl (C=O) groups excluding carboxylic acids is 4. The summed E-state index contributed by atoms with van der Waals surface area (Å²) in [6.45, 7) is 1.63. The lowest BCUT2D eigenvalue weighted by Gasteiger charge is -2.42. The van der Waals surface area contributed by atoms with E-state index in [4.69, 9.17) is 9.47 Å². The zero-order valence-electron chi connectivity index (χ0n) is 22.5. The molecule has 2 amide bonds. The molecule has 4 atom stereocenters. The van der Waals surface area contributed by atoms with E-state index in [0.29, 0.717) is 28.7 Å². The van der Waals surface area contributed by atoms with Gasteiger partial charge in [0.15, 0.2) is 23.1 Å². The largest absolute Gasteiger partial charge is 0.502 e. The molecule has 1 heterocycles. The Morgan fingerprint density at radius 3 is 2.23 bits per heavy atom. The van der Waals surface area contributed by atoms with Gasteiger partial charge in [-0.15, -0.1) is 0 Å². The van der Waals surface area contributed by atoms with E-state index in [1.54, 1.807) is 19.1 Å². The van der Waals surface area contributed by atoms with Gasteiger partial charge in [0, 0.05) is 28.7 Å². The molecule has 1 aromatic rings. The van der Waals surface area contributed by atoms with Crippen molar-refractivity contribution in [1.29, 1.82) is 0 Å². The zero-order chi connectivity index (χ0) is 27.6. The monoisotopic (exact) mass is 531 g/mol. The van der Waals surface area contributed by atoms with Crippen LogP contribution >= 0.6 is 0 Å². The van der Waals surface area contributed by atoms with Gasteiger partial charge in [-0.1, -0.05) is 30.9 Å². The van der Waals surface area contributed by atoms with Crippen LogP contribution in [-0.2, 0) is 19.2 Å². The summed E-state index contributed by atoms with van der Waals surface area (Å²) in [6, 6.07) is 3.25. The van der Waals surface area contributed by atoms with E-state index in [-0.39, 0.29) is 59.0 Å². The Morgan fingerprint density at radius 2 is 1.59 bits per heavy atom. The molecule has 1 saturated heterocycles. The fourth-order valence-electron chi connectivity index (χ4n) is 7.57. The minimum atomic E-state index is -0.629. The van der Waals surface area contributed by atoms with Crippen LogP contribution in [0.15, 0.2) is 46.6 Å². The molecule has 8 nitrogen and oxygen atoms in total. The molecule has 0 bridgehead atoms. The maximum Gasteiger partial charge on any atom is 0.233 e. The molecule has 204 valence electrons. The fourth-order valence-corrected chi connectivity index (χ4v) is 7.57. The lowest BCUT2D eigenvalue weighted by molar-refractivity contribution is -0.143. The summed E-state index contributed by atoms with van der Waals surface area (Å²) in [4.78, 5) is 56.1. The Balaban J connectivity index is 1.49. The SMILES string of the molecule is COc1cc(C2C3=CCC4C(=O)N(C5CCCCC5)C(=O)C4C3CC3=C2C(=O)C=C(C)C3=O)cc(OC)c1O. The van der Waals surface area contributed by atoms with Gasteiger partial charge in [-0.25, -0.2) is 0 Å². The van der Waals surface area contributed by atoms with Gasteiger partial charge in [-0.2, -0.15) is 0 Å². The van der Waals surface area contributed by atoms with E-state index in [1.165, 1.54) is 25.2 Å². The number of imide groups is 1. The van der Waals surface area contributed by atoms with Crippen LogP contribution in [0.4, 0.5) is 0 Å². The van der Waals surface area contributed by atoms with E-state index in [2.05, 4.69) is 0 Å². The van der Waals surface area contributed by atoms with Crippen molar-refractivity contribution in [2.75, 3.05) is 14.2 Å². The number of phenols is 1. The third-order valence-electron chi connectivity index (χ3n) is 9.37. The van der Waals surface area contributed by atoms with Gasteiger partial charge in [-0.3, -0.25) is 24.1 Å². The number of ketones is 2. The number of hydrogen-bond donors (Lipinski definition) is 1. The van der Waals surface area contributed by atoms with E-state index in [0.717, 1.165) is 37.7 Å². The lowest BCUT2D eigenvalue weighted by Crippen LogP contribution is -2.43. The fraction of sp³-hybridized carbons (Fsp3) is 0.484. The first kappa shape index (κ1) is 25.6. The van der Waals surface area contributed by atoms with Gasteiger partial charge in [0.2, 0.25) is 17.6 Å². The number of phenolic OH excluding ortho intramolecular Hbond substituents is 1. The second-order valence-electron chi connectivity index (χ2n) is 11.3. The number of amides is 2. The molecule has 6 rings (SSSR count). The Hall–Kier alpha value is -3.68. The number of Topliss-reactive ketones (excluding diaryl/α,β-unsaturated/α-hetero) is 1. The Morgan fingerprint density at radius 1 is 0.923 bits per heavy atom. The first-order valence-corrected chi connectivity index (χ1v) is 13.8. The van der Waals surface area contributed by atoms with Crippen LogP contribution < -0.4 is 9.47 Å². The summed E-state index contributed by atoms with van der Waals surface area (Å²) in [5.74, 6) is -2.51. The zero-order valence-corrected chi connectivity index (χ0v) is 22.5. The van der Waals surface area contributed by atoms with Crippen molar-refractivity contribution in [2.24, 2.45) is 17.8 Å². The molecule has 1 aliphatic heterocycles. The number of aromatic hydroxyl groups is 1. The minimum absolute atomic E-state index is 0.0596. The van der Waals surface area contributed by atoms with Gasteiger partial charge in [0.1, 0.15) is 0 Å². The molecule has 4 unspecified atom stereocenters. The number of benzene rings is 1. The molecule has 8 heteroatoms. The van der Waals surface area contributed by atoms with Crippen LogP contribution in [0.3, 0.4) is 0 Å². The van der Waals surface area contributed by atoms with Crippen LogP contribution in [0, 0.1) is 17.8 Å². The van der Waals surface area contributed by atoms with Crippen molar-refractivity contribution in [1.82, 2.24) is 4.90 Å². The molecule has 1 N–H and O–H groups in total. The highest BCUT2D eigenvalue weighted by atomic mass is 16.5. The smallest absolute Gasteiger partial charge is 0.233 e. The van der Waals surface area contributed by atoms with Gasteiger partial charge < -0.3 is 14.6 Å². The Labute approximate surface area is 227 Å². The summed E-state index contributed by atoms with van der Waals surface area (Å²) in [5.41, 5.74) is 2.66. The van der Waals surface area contributed by atoms with Crippen LogP contribution in [0.1, 0.15) is 63.4 Å². The molecule has 5 aliphatic rings. The van der Waals surface area contributed by atoms with E-state index >= 15 is 0 Å². The number of hydrogen-bond acceptors (Lipinski definition) is 7. The number of fused-ring (bicyclic) bond motifs is 3. The minimum Gasteiger partial charge on any atom is -0.502 e. The average Bonchev–Trinajstić information content (AvgIpc) is 3.20. The van der Waals surface area contributed by atoms with Gasteiger partial charge in [0.05, 0.1) is 26.1 Å². The summed E-state index contributed by atoms with van der Waals surface area (Å²) in [7, 11) is 2.86. The number of ether oxygens (including phenoxy) is 2. The Bertz CT molecular complexity index is 1370. The van der Waals surface area contributed by atoms with Crippen molar-refractivity contribution in [3.05, 3.63) is 52.1 Å². The molecule has 0 spiro atoms. The van der Waals surface area contributed by atoms with Crippen LogP contribution in [0.25, 0.3) is 0 Å². The van der Waals surface area contributed by atoms with Crippen molar-refractivity contribution in [2.45, 2.75) is 63.8 Å². The highest BCUT2D eigenvalue weighted by molar-refractivity contribution is 6.23. The number of methoxy groups -OCH3 is 2. The number of carbonyl (C=O) groups is 4. The Kier molecular flexibility index (Phi) is 6.24.